The van der Waals surface area contributed by atoms with Gasteiger partial charge < -0.3 is 22.1 Å². The van der Waals surface area contributed by atoms with E-state index in [-0.39, 0.29) is 34.8 Å². The molecular weight excluding hydrogens is 1190 g/mol. The Morgan fingerprint density at radius 3 is 1.51 bits per heavy atom. The molecule has 18 heteroatoms. The van der Waals surface area contributed by atoms with Crippen molar-refractivity contribution in [3.05, 3.63) is 184 Å². The van der Waals surface area contributed by atoms with Crippen LogP contribution in [0.5, 0.6) is 0 Å². The average molecular weight is 1270 g/mol. The number of para-hydroxylation sites is 2. The number of nitrogens with two attached hydrogens (primary N) is 2. The summed E-state index contributed by atoms with van der Waals surface area (Å²) in [4.78, 5) is 55.3. The van der Waals surface area contributed by atoms with Crippen molar-refractivity contribution in [2.75, 3.05) is 28.7 Å². The molecule has 0 aliphatic rings. The fraction of sp³-hybridized carbons (Fsp3) is 0.317. The van der Waals surface area contributed by atoms with E-state index in [2.05, 4.69) is 80.8 Å². The number of carbonyl (C=O) groups is 1. The van der Waals surface area contributed by atoms with Gasteiger partial charge in [0.2, 0.25) is 11.9 Å². The normalized spacial score (nSPS) is 11.9. The van der Waals surface area contributed by atoms with E-state index in [0.717, 1.165) is 28.8 Å². The molecule has 0 aliphatic carbocycles. The van der Waals surface area contributed by atoms with Gasteiger partial charge in [-0.1, -0.05) is 83.9 Å². The Morgan fingerprint density at radius 1 is 0.667 bits per heavy atom. The minimum atomic E-state index is -2.24. The largest absolute Gasteiger partial charge is 0.368 e. The van der Waals surface area contributed by atoms with Gasteiger partial charge in [0.25, 0.3) is 11.1 Å². The third-order valence-corrected chi connectivity index (χ3v) is 29.8. The van der Waals surface area contributed by atoms with Gasteiger partial charge in [0, 0.05) is 35.2 Å². The Balaban J connectivity index is 0.000000197. The number of benzene rings is 4. The number of carbonyl (C=O) groups excluding carboxylic acids is 1. The number of fused-ring (bicyclic) bond motifs is 2. The molecule has 4 heterocycles. The Kier molecular flexibility index (Phi) is 22.7. The van der Waals surface area contributed by atoms with Crippen LogP contribution in [-0.2, 0) is 4.74 Å². The first-order valence-electron chi connectivity index (χ1n) is 26.5. The zero-order valence-corrected chi connectivity index (χ0v) is 51.5. The number of hydrogen-bond donors (Lipinski definition) is 4. The number of ether oxygens (including phenoxy) is 1. The van der Waals surface area contributed by atoms with Crippen LogP contribution in [0.4, 0.5) is 23.5 Å². The molecule has 0 fully saturated rings. The zero-order chi connectivity index (χ0) is 56.5. The Morgan fingerprint density at radius 2 is 1.09 bits per heavy atom. The molecule has 4 aromatic heterocycles. The van der Waals surface area contributed by atoms with Crippen molar-refractivity contribution in [2.24, 2.45) is 0 Å². The molecule has 8 aromatic rings. The summed E-state index contributed by atoms with van der Waals surface area (Å²) in [6, 6.07) is 32.8. The van der Waals surface area contributed by atoms with Crippen LogP contribution >= 0.6 is 39.1 Å². The van der Waals surface area contributed by atoms with Gasteiger partial charge in [-0.3, -0.25) is 23.5 Å². The number of anilines is 4. The number of ketones is 1. The summed E-state index contributed by atoms with van der Waals surface area (Å²) in [5, 5.41) is 9.78. The SMILES string of the molecule is C=[C](OCC)[Sn]([CH2]CCC)([CH2]CCC)[CH2]CCC.CC(=O)c1cnc(N)nc1N[C@@H](C)c1cc2cccc(Cl)c2c(=O)n1-c1ccccc1.C[C@H](Nc1nc(N)ncc1Br)c1cc2cccc(Cl)c2c(=O)n1-c1ccccc1. The van der Waals surface area contributed by atoms with E-state index < -0.39 is 24.4 Å². The minimum absolute atomic E-state index is 0.0467. The van der Waals surface area contributed by atoms with Crippen molar-refractivity contribution >= 4 is 108 Å². The van der Waals surface area contributed by atoms with E-state index in [4.69, 9.17) is 39.4 Å². The second kappa shape index (κ2) is 29.1. The van der Waals surface area contributed by atoms with E-state index in [1.807, 2.05) is 105 Å². The molecule has 0 radical (unpaired) electrons. The molecule has 8 rings (SSSR count). The molecule has 410 valence electrons. The predicted octanol–water partition coefficient (Wildman–Crippen LogP) is 15.3. The van der Waals surface area contributed by atoms with Gasteiger partial charge in [-0.2, -0.15) is 9.97 Å². The summed E-state index contributed by atoms with van der Waals surface area (Å²) in [5.74, 6) is 0.869. The summed E-state index contributed by atoms with van der Waals surface area (Å²) in [6.07, 6.45) is 11.1. The van der Waals surface area contributed by atoms with Crippen LogP contribution in [-0.4, -0.2) is 59.8 Å². The molecule has 0 spiro atoms. The van der Waals surface area contributed by atoms with Crippen molar-refractivity contribution in [1.82, 2.24) is 29.1 Å². The molecule has 0 aliphatic heterocycles. The number of unbranched alkanes of at least 4 members (excludes halogenated alkanes) is 3. The number of Topliss-reactive ketones (excluding diaryl/α,β-unsaturated/α-hetero) is 1. The van der Waals surface area contributed by atoms with Crippen LogP contribution in [0.3, 0.4) is 0 Å². The van der Waals surface area contributed by atoms with Crippen LogP contribution in [0, 0.1) is 0 Å². The number of rotatable bonds is 21. The minimum Gasteiger partial charge on any atom is -0.368 e. The smallest absolute Gasteiger partial charge is 0.264 e. The number of nitrogen functional groups attached to an aromatic ring is 2. The summed E-state index contributed by atoms with van der Waals surface area (Å²) in [5.41, 5.74) is 14.3. The molecule has 6 N–H and O–H groups in total. The number of aromatic nitrogens is 6. The fourth-order valence-corrected chi connectivity index (χ4v) is 24.9. The second-order valence-electron chi connectivity index (χ2n) is 19.1. The van der Waals surface area contributed by atoms with E-state index in [0.29, 0.717) is 53.9 Å². The quantitative estimate of drug-likeness (QED) is 0.0302. The van der Waals surface area contributed by atoms with Gasteiger partial charge in [-0.25, -0.2) is 9.97 Å². The molecule has 0 bridgehead atoms. The number of hydrogen-bond acceptors (Lipinski definition) is 12. The molecule has 14 nitrogen and oxygen atoms in total. The molecule has 0 saturated carbocycles. The number of nitrogens with zero attached hydrogens (tertiary/aromatic N) is 6. The van der Waals surface area contributed by atoms with Crippen molar-refractivity contribution in [2.45, 2.75) is 112 Å². The second-order valence-corrected chi connectivity index (χ2v) is 34.0. The van der Waals surface area contributed by atoms with E-state index in [1.54, 1.807) is 33.5 Å². The first-order chi connectivity index (χ1) is 37.5. The van der Waals surface area contributed by atoms with Crippen LogP contribution in [0.2, 0.25) is 23.4 Å². The van der Waals surface area contributed by atoms with Crippen molar-refractivity contribution < 1.29 is 9.53 Å². The first-order valence-corrected chi connectivity index (χ1v) is 35.6. The van der Waals surface area contributed by atoms with Gasteiger partial charge in [0.1, 0.15) is 11.6 Å². The van der Waals surface area contributed by atoms with Crippen molar-refractivity contribution in [3.63, 3.8) is 0 Å². The maximum Gasteiger partial charge on any atom is 0.264 e. The molecule has 4 aromatic carbocycles. The third-order valence-electron chi connectivity index (χ3n) is 13.6. The van der Waals surface area contributed by atoms with Gasteiger partial charge in [-0.15, -0.1) is 0 Å². The van der Waals surface area contributed by atoms with E-state index in [9.17, 15) is 14.4 Å². The Bertz CT molecular complexity index is 3430. The maximum atomic E-state index is 13.5. The Labute approximate surface area is 480 Å². The molecular formula is C60H71BrCl2N10O4Sn. The van der Waals surface area contributed by atoms with Gasteiger partial charge in [0.15, 0.2) is 5.78 Å². The van der Waals surface area contributed by atoms with E-state index >= 15 is 0 Å². The monoisotopic (exact) mass is 1260 g/mol. The summed E-state index contributed by atoms with van der Waals surface area (Å²) in [7, 11) is 0. The molecule has 78 heavy (non-hydrogen) atoms. The summed E-state index contributed by atoms with van der Waals surface area (Å²) >= 11 is 13.9. The maximum absolute atomic E-state index is 13.5. The van der Waals surface area contributed by atoms with Gasteiger partial charge in [-0.05, 0) is 96.0 Å². The zero-order valence-electron chi connectivity index (χ0n) is 45.6. The standard InChI is InChI=1S/C23H20ClN5O2.C21H17BrClN5O.C4H7O.3C4H9.Sn/c1-13(27-21-17(14(2)30)12-26-23(25)28-21)19-11-15-7-6-10-18(24)20(15)22(31)29(19)16-8-4-3-5-9-16;1-12(26-19-15(22)11-25-21(24)27-19)17-10-13-6-5-9-16(23)18(13)20(29)28(17)14-7-3-2-4-8-14;1-3-5-4-2;3*1-3-4-2;/h3-13H,1-2H3,(H3,25,26,27,28);2-12H,1H3,(H3,24,25,26,27);1,4H2,2H3;3*1,3-4H2,2H3;/t13-;12-;;;;;/m00...../s1. The van der Waals surface area contributed by atoms with Crippen molar-refractivity contribution in [1.29, 1.82) is 0 Å². The van der Waals surface area contributed by atoms with Gasteiger partial charge in [0.05, 0.1) is 42.9 Å². The van der Waals surface area contributed by atoms with Crippen LogP contribution in [0.15, 0.2) is 146 Å². The number of nitrogens with one attached hydrogen (secondary N) is 2. The van der Waals surface area contributed by atoms with Crippen molar-refractivity contribution in [3.8, 4) is 11.4 Å². The Hall–Kier alpha value is -6.27. The summed E-state index contributed by atoms with van der Waals surface area (Å²) < 4.78 is 15.5. The number of pyridine rings is 2. The van der Waals surface area contributed by atoms with Crippen LogP contribution < -0.4 is 33.2 Å². The molecule has 0 amide bonds. The topological polar surface area (TPSA) is 198 Å². The molecule has 2 atom stereocenters. The van der Waals surface area contributed by atoms with Crippen LogP contribution in [0.1, 0.15) is 121 Å². The van der Waals surface area contributed by atoms with E-state index in [1.165, 1.54) is 68.7 Å². The third kappa shape index (κ3) is 15.1. The fourth-order valence-electron chi connectivity index (χ4n) is 9.47. The molecule has 0 saturated heterocycles. The van der Waals surface area contributed by atoms with Gasteiger partial charge >= 0.3 is 120 Å². The predicted molar refractivity (Wildman–Crippen MR) is 329 cm³/mol. The summed E-state index contributed by atoms with van der Waals surface area (Å²) in [6.45, 7) is 19.4. The number of halogens is 3. The first kappa shape index (κ1) is 60.9. The average Bonchev–Trinajstić information content (AvgIpc) is 3.43. The van der Waals surface area contributed by atoms with Crippen LogP contribution in [0.25, 0.3) is 32.9 Å². The molecule has 0 unspecified atom stereocenters.